The van der Waals surface area contributed by atoms with E-state index < -0.39 is 36.0 Å². The van der Waals surface area contributed by atoms with Gasteiger partial charge in [-0.15, -0.1) is 0 Å². The van der Waals surface area contributed by atoms with Gasteiger partial charge in [0.25, 0.3) is 5.56 Å². The van der Waals surface area contributed by atoms with E-state index in [2.05, 4.69) is 0 Å². The third-order valence-corrected chi connectivity index (χ3v) is 4.68. The quantitative estimate of drug-likeness (QED) is 0.597. The van der Waals surface area contributed by atoms with Crippen LogP contribution in [0.2, 0.25) is 0 Å². The lowest BCUT2D eigenvalue weighted by molar-refractivity contribution is -0.108. The number of rotatable bonds is 6. The van der Waals surface area contributed by atoms with Crippen molar-refractivity contribution in [1.29, 1.82) is 0 Å². The normalized spacial score (nSPS) is 10.8. The van der Waals surface area contributed by atoms with Crippen LogP contribution in [0.15, 0.2) is 52.1 Å². The van der Waals surface area contributed by atoms with Crippen LogP contribution in [0.3, 0.4) is 0 Å². The molecule has 0 aliphatic rings. The molecule has 6 nitrogen and oxygen atoms in total. The molecule has 0 unspecified atom stereocenters. The first-order chi connectivity index (χ1) is 13.9. The van der Waals surface area contributed by atoms with Gasteiger partial charge in [0, 0.05) is 11.3 Å². The summed E-state index contributed by atoms with van der Waals surface area (Å²) in [5.74, 6) is -1.14. The zero-order valence-corrected chi connectivity index (χ0v) is 15.8. The van der Waals surface area contributed by atoms with Crippen molar-refractivity contribution in [2.45, 2.75) is 20.0 Å². The Bertz CT molecular complexity index is 1180. The Kier molecular flexibility index (Phi) is 5.72. The molecule has 0 saturated heterocycles. The number of halogens is 2. The van der Waals surface area contributed by atoms with Crippen LogP contribution >= 0.6 is 0 Å². The number of hydrogen-bond acceptors (Lipinski definition) is 4. The Balaban J connectivity index is 2.31. The number of hydrogen-bond donors (Lipinski definition) is 0. The number of aldehydes is 1. The number of aromatic nitrogens is 2. The van der Waals surface area contributed by atoms with E-state index >= 15 is 0 Å². The highest BCUT2D eigenvalue weighted by molar-refractivity contribution is 5.66. The van der Waals surface area contributed by atoms with Gasteiger partial charge in [0.1, 0.15) is 23.7 Å². The molecule has 0 radical (unpaired) electrons. The molecule has 0 aliphatic heterocycles. The topological polar surface area (TPSA) is 70.3 Å². The first-order valence-corrected chi connectivity index (χ1v) is 8.74. The minimum absolute atomic E-state index is 0.141. The summed E-state index contributed by atoms with van der Waals surface area (Å²) < 4.78 is 35.3. The highest BCUT2D eigenvalue weighted by Gasteiger charge is 2.20. The molecule has 150 valence electrons. The molecule has 0 spiro atoms. The monoisotopic (exact) mass is 400 g/mol. The summed E-state index contributed by atoms with van der Waals surface area (Å²) >= 11 is 0. The number of methoxy groups -OCH3 is 1. The number of nitrogens with zero attached hydrogens (tertiary/aromatic N) is 2. The van der Waals surface area contributed by atoms with Gasteiger partial charge in [0.15, 0.2) is 0 Å². The standard InChI is InChI=1S/C21H18F2N2O4/c1-13-19(14-5-3-6-15(11-14)29-2)20(27)24(9-10-26)21(28)25(13)12-16-17(22)7-4-8-18(16)23/h3-8,10-11H,9,12H2,1-2H3. The van der Waals surface area contributed by atoms with Crippen LogP contribution < -0.4 is 16.0 Å². The Morgan fingerprint density at radius 3 is 2.31 bits per heavy atom. The zero-order chi connectivity index (χ0) is 21.1. The second kappa shape index (κ2) is 8.22. The fourth-order valence-corrected chi connectivity index (χ4v) is 3.17. The summed E-state index contributed by atoms with van der Waals surface area (Å²) in [7, 11) is 1.47. The van der Waals surface area contributed by atoms with E-state index in [4.69, 9.17) is 4.74 Å². The maximum Gasteiger partial charge on any atom is 0.331 e. The Morgan fingerprint density at radius 2 is 1.69 bits per heavy atom. The van der Waals surface area contributed by atoms with Crippen LogP contribution in [-0.2, 0) is 17.9 Å². The Hall–Kier alpha value is -3.55. The van der Waals surface area contributed by atoms with Gasteiger partial charge in [0.05, 0.1) is 25.8 Å². The molecule has 0 amide bonds. The lowest BCUT2D eigenvalue weighted by atomic mass is 10.0. The first kappa shape index (κ1) is 20.2. The smallest absolute Gasteiger partial charge is 0.331 e. The average molecular weight is 400 g/mol. The third kappa shape index (κ3) is 3.73. The lowest BCUT2D eigenvalue weighted by Gasteiger charge is -2.17. The van der Waals surface area contributed by atoms with Crippen molar-refractivity contribution >= 4 is 6.29 Å². The average Bonchev–Trinajstić information content (AvgIpc) is 2.70. The van der Waals surface area contributed by atoms with Gasteiger partial charge in [-0.05, 0) is 36.8 Å². The minimum atomic E-state index is -0.825. The SMILES string of the molecule is COc1cccc(-c2c(C)n(Cc3c(F)cccc3F)c(=O)n(CC=O)c2=O)c1. The fourth-order valence-electron chi connectivity index (χ4n) is 3.17. The number of carbonyl (C=O) groups is 1. The summed E-state index contributed by atoms with van der Waals surface area (Å²) in [6, 6.07) is 10.0. The summed E-state index contributed by atoms with van der Waals surface area (Å²) in [5.41, 5.74) is -0.994. The van der Waals surface area contributed by atoms with E-state index in [-0.39, 0.29) is 16.8 Å². The molecule has 1 aromatic heterocycles. The van der Waals surface area contributed by atoms with Crippen LogP contribution in [0.25, 0.3) is 11.1 Å². The molecule has 2 aromatic carbocycles. The molecule has 0 aliphatic carbocycles. The van der Waals surface area contributed by atoms with E-state index in [0.717, 1.165) is 21.3 Å². The van der Waals surface area contributed by atoms with E-state index in [9.17, 15) is 23.2 Å². The van der Waals surface area contributed by atoms with Crippen LogP contribution in [-0.4, -0.2) is 22.5 Å². The number of benzene rings is 2. The molecule has 8 heteroatoms. The predicted molar refractivity (Wildman–Crippen MR) is 103 cm³/mol. The van der Waals surface area contributed by atoms with Crippen molar-refractivity contribution in [3.05, 3.63) is 86.2 Å². The van der Waals surface area contributed by atoms with Crippen molar-refractivity contribution in [3.63, 3.8) is 0 Å². The fraction of sp³-hybridized carbons (Fsp3) is 0.190. The second-order valence-electron chi connectivity index (χ2n) is 6.34. The molecule has 3 aromatic rings. The first-order valence-electron chi connectivity index (χ1n) is 8.74. The van der Waals surface area contributed by atoms with E-state index in [1.54, 1.807) is 24.3 Å². The molecule has 0 bridgehead atoms. The van der Waals surface area contributed by atoms with Gasteiger partial charge < -0.3 is 9.53 Å². The van der Waals surface area contributed by atoms with Crippen LogP contribution in [0.5, 0.6) is 5.75 Å². The minimum Gasteiger partial charge on any atom is -0.497 e. The molecule has 1 heterocycles. The molecule has 0 fully saturated rings. The second-order valence-corrected chi connectivity index (χ2v) is 6.34. The highest BCUT2D eigenvalue weighted by Crippen LogP contribution is 2.24. The Morgan fingerprint density at radius 1 is 1.03 bits per heavy atom. The Labute approximate surface area is 164 Å². The van der Waals surface area contributed by atoms with Crippen LogP contribution in [0.4, 0.5) is 8.78 Å². The van der Waals surface area contributed by atoms with Crippen molar-refractivity contribution in [2.24, 2.45) is 0 Å². The van der Waals surface area contributed by atoms with Gasteiger partial charge in [-0.25, -0.2) is 13.6 Å². The number of carbonyl (C=O) groups excluding carboxylic acids is 1. The lowest BCUT2D eigenvalue weighted by Crippen LogP contribution is -2.42. The van der Waals surface area contributed by atoms with E-state index in [1.165, 1.54) is 20.1 Å². The predicted octanol–water partition coefficient (Wildman–Crippen LogP) is 2.52. The maximum atomic E-state index is 14.2. The highest BCUT2D eigenvalue weighted by atomic mass is 19.1. The zero-order valence-electron chi connectivity index (χ0n) is 15.8. The number of ether oxygens (including phenoxy) is 1. The molecule has 29 heavy (non-hydrogen) atoms. The van der Waals surface area contributed by atoms with Gasteiger partial charge in [-0.1, -0.05) is 18.2 Å². The maximum absolute atomic E-state index is 14.2. The van der Waals surface area contributed by atoms with Crippen molar-refractivity contribution < 1.29 is 18.3 Å². The van der Waals surface area contributed by atoms with E-state index in [0.29, 0.717) is 17.6 Å². The summed E-state index contributed by atoms with van der Waals surface area (Å²) in [6.45, 7) is 0.607. The van der Waals surface area contributed by atoms with Crippen molar-refractivity contribution in [3.8, 4) is 16.9 Å². The van der Waals surface area contributed by atoms with Crippen molar-refractivity contribution in [1.82, 2.24) is 9.13 Å². The van der Waals surface area contributed by atoms with Crippen LogP contribution in [0, 0.1) is 18.6 Å². The van der Waals surface area contributed by atoms with Crippen molar-refractivity contribution in [2.75, 3.05) is 7.11 Å². The van der Waals surface area contributed by atoms with Gasteiger partial charge in [0.2, 0.25) is 0 Å². The molecule has 0 atom stereocenters. The summed E-state index contributed by atoms with van der Waals surface area (Å²) in [6.07, 6.45) is 0.418. The van der Waals surface area contributed by atoms with Gasteiger partial charge in [-0.3, -0.25) is 13.9 Å². The van der Waals surface area contributed by atoms with E-state index in [1.807, 2.05) is 0 Å². The summed E-state index contributed by atoms with van der Waals surface area (Å²) in [5, 5.41) is 0. The molecular formula is C21H18F2N2O4. The summed E-state index contributed by atoms with van der Waals surface area (Å²) in [4.78, 5) is 36.8. The van der Waals surface area contributed by atoms with Crippen LogP contribution in [0.1, 0.15) is 11.3 Å². The molecule has 0 saturated carbocycles. The van der Waals surface area contributed by atoms with Gasteiger partial charge in [-0.2, -0.15) is 0 Å². The molecular weight excluding hydrogens is 382 g/mol. The largest absolute Gasteiger partial charge is 0.497 e. The molecule has 0 N–H and O–H groups in total. The molecule has 3 rings (SSSR count). The third-order valence-electron chi connectivity index (χ3n) is 4.68. The van der Waals surface area contributed by atoms with Gasteiger partial charge >= 0.3 is 5.69 Å².